The molecule has 1 aliphatic heterocycles. The van der Waals surface area contributed by atoms with E-state index in [0.717, 1.165) is 49.9 Å². The molecule has 1 saturated heterocycles. The van der Waals surface area contributed by atoms with Gasteiger partial charge in [-0.3, -0.25) is 15.0 Å². The summed E-state index contributed by atoms with van der Waals surface area (Å²) < 4.78 is 0. The van der Waals surface area contributed by atoms with Crippen molar-refractivity contribution in [2.45, 2.75) is 58.0 Å². The third-order valence-corrected chi connectivity index (χ3v) is 6.12. The standard InChI is InChI=1S/C22H30N6O2/c1-4-5-16-13-21(27-11-10-19(14-27)26(3)18-8-9-18)25-22(23-16)24-17-7-6-15(2)20(12-17)28(29)30/h6-7,12-13,18-19H,4-5,8-11,14H2,1-3H3,(H,23,24,25)/t19-/m0/s1. The molecular weight excluding hydrogens is 380 g/mol. The third-order valence-electron chi connectivity index (χ3n) is 6.12. The van der Waals surface area contributed by atoms with E-state index in [4.69, 9.17) is 4.98 Å². The van der Waals surface area contributed by atoms with Gasteiger partial charge in [0, 0.05) is 54.3 Å². The number of anilines is 3. The van der Waals surface area contributed by atoms with Crippen LogP contribution in [-0.2, 0) is 6.42 Å². The molecule has 2 heterocycles. The molecule has 0 radical (unpaired) electrons. The van der Waals surface area contributed by atoms with Gasteiger partial charge in [0.25, 0.3) is 5.69 Å². The Labute approximate surface area is 177 Å². The first kappa shape index (κ1) is 20.5. The molecule has 8 heteroatoms. The molecule has 0 amide bonds. The maximum absolute atomic E-state index is 11.3. The van der Waals surface area contributed by atoms with E-state index >= 15 is 0 Å². The third kappa shape index (κ3) is 4.53. The van der Waals surface area contributed by atoms with Crippen molar-refractivity contribution in [2.24, 2.45) is 0 Å². The van der Waals surface area contributed by atoms with Crippen molar-refractivity contribution in [3.8, 4) is 0 Å². The summed E-state index contributed by atoms with van der Waals surface area (Å²) >= 11 is 0. The quantitative estimate of drug-likeness (QED) is 0.518. The van der Waals surface area contributed by atoms with Gasteiger partial charge < -0.3 is 10.2 Å². The van der Waals surface area contributed by atoms with Crippen LogP contribution in [0.3, 0.4) is 0 Å². The minimum Gasteiger partial charge on any atom is -0.355 e. The summed E-state index contributed by atoms with van der Waals surface area (Å²) in [6, 6.07) is 8.53. The second kappa shape index (κ2) is 8.55. The zero-order valence-corrected chi connectivity index (χ0v) is 18.0. The molecule has 2 fully saturated rings. The molecule has 1 aromatic heterocycles. The molecule has 0 spiro atoms. The number of hydrogen-bond donors (Lipinski definition) is 1. The molecule has 0 unspecified atom stereocenters. The van der Waals surface area contributed by atoms with Crippen molar-refractivity contribution < 1.29 is 4.92 Å². The van der Waals surface area contributed by atoms with E-state index in [1.54, 1.807) is 19.1 Å². The van der Waals surface area contributed by atoms with Gasteiger partial charge >= 0.3 is 0 Å². The number of hydrogen-bond acceptors (Lipinski definition) is 7. The first-order valence-corrected chi connectivity index (χ1v) is 10.8. The van der Waals surface area contributed by atoms with Crippen LogP contribution in [0.15, 0.2) is 24.3 Å². The van der Waals surface area contributed by atoms with E-state index in [-0.39, 0.29) is 10.6 Å². The highest BCUT2D eigenvalue weighted by atomic mass is 16.6. The number of nitro benzene ring substituents is 1. The molecule has 4 rings (SSSR count). The van der Waals surface area contributed by atoms with E-state index < -0.39 is 0 Å². The molecule has 160 valence electrons. The lowest BCUT2D eigenvalue weighted by Crippen LogP contribution is -2.36. The molecule has 1 N–H and O–H groups in total. The van der Waals surface area contributed by atoms with Gasteiger partial charge in [0.1, 0.15) is 5.82 Å². The zero-order chi connectivity index (χ0) is 21.3. The van der Waals surface area contributed by atoms with Gasteiger partial charge in [0.15, 0.2) is 0 Å². The van der Waals surface area contributed by atoms with Gasteiger partial charge in [-0.15, -0.1) is 0 Å². The van der Waals surface area contributed by atoms with Crippen molar-refractivity contribution >= 4 is 23.1 Å². The summed E-state index contributed by atoms with van der Waals surface area (Å²) in [5.41, 5.74) is 2.34. The summed E-state index contributed by atoms with van der Waals surface area (Å²) in [4.78, 5) is 25.2. The first-order valence-electron chi connectivity index (χ1n) is 10.8. The molecule has 30 heavy (non-hydrogen) atoms. The number of rotatable bonds is 8. The molecule has 1 atom stereocenters. The smallest absolute Gasteiger partial charge is 0.274 e. The Kier molecular flexibility index (Phi) is 5.85. The summed E-state index contributed by atoms with van der Waals surface area (Å²) in [7, 11) is 2.24. The van der Waals surface area contributed by atoms with Crippen LogP contribution >= 0.6 is 0 Å². The van der Waals surface area contributed by atoms with Crippen LogP contribution in [0.1, 0.15) is 43.9 Å². The number of nitrogens with one attached hydrogen (secondary N) is 1. The summed E-state index contributed by atoms with van der Waals surface area (Å²) in [6.45, 7) is 5.83. The fraction of sp³-hybridized carbons (Fsp3) is 0.545. The van der Waals surface area contributed by atoms with Crippen LogP contribution in [0.5, 0.6) is 0 Å². The molecule has 0 bridgehead atoms. The first-order chi connectivity index (χ1) is 14.4. The topological polar surface area (TPSA) is 87.4 Å². The molecular formula is C22H30N6O2. The monoisotopic (exact) mass is 410 g/mol. The van der Waals surface area contributed by atoms with E-state index in [2.05, 4.69) is 40.1 Å². The van der Waals surface area contributed by atoms with Crippen molar-refractivity contribution in [1.82, 2.24) is 14.9 Å². The minimum absolute atomic E-state index is 0.0930. The normalized spacial score (nSPS) is 18.8. The maximum Gasteiger partial charge on any atom is 0.274 e. The lowest BCUT2D eigenvalue weighted by Gasteiger charge is -2.25. The number of nitrogens with zero attached hydrogens (tertiary/aromatic N) is 5. The highest BCUT2D eigenvalue weighted by molar-refractivity contribution is 5.61. The average Bonchev–Trinajstić information content (AvgIpc) is 3.45. The molecule has 2 aliphatic rings. The molecule has 2 aromatic rings. The average molecular weight is 411 g/mol. The Morgan fingerprint density at radius 2 is 2.03 bits per heavy atom. The van der Waals surface area contributed by atoms with Gasteiger partial charge in [-0.05, 0) is 45.7 Å². The van der Waals surface area contributed by atoms with Gasteiger partial charge in [0.2, 0.25) is 5.95 Å². The van der Waals surface area contributed by atoms with E-state index in [1.807, 2.05) is 6.07 Å². The Morgan fingerprint density at radius 3 is 2.73 bits per heavy atom. The van der Waals surface area contributed by atoms with Crippen LogP contribution in [-0.4, -0.2) is 52.0 Å². The molecule has 1 saturated carbocycles. The highest BCUT2D eigenvalue weighted by Gasteiger charge is 2.35. The number of benzene rings is 1. The Bertz CT molecular complexity index is 930. The number of aryl methyl sites for hydroxylation is 2. The molecule has 1 aliphatic carbocycles. The van der Waals surface area contributed by atoms with Crippen molar-refractivity contribution in [1.29, 1.82) is 0 Å². The van der Waals surface area contributed by atoms with Crippen molar-refractivity contribution in [3.05, 3.63) is 45.6 Å². The Hall–Kier alpha value is -2.74. The SMILES string of the molecule is CCCc1cc(N2CC[C@H](N(C)C3CC3)C2)nc(Nc2ccc(C)c([N+](=O)[O-])c2)n1. The molecule has 1 aromatic carbocycles. The van der Waals surface area contributed by atoms with Gasteiger partial charge in [-0.2, -0.15) is 4.98 Å². The summed E-state index contributed by atoms with van der Waals surface area (Å²) in [6.07, 6.45) is 5.65. The second-order valence-electron chi connectivity index (χ2n) is 8.46. The van der Waals surface area contributed by atoms with E-state index in [1.165, 1.54) is 12.8 Å². The predicted molar refractivity (Wildman–Crippen MR) is 119 cm³/mol. The van der Waals surface area contributed by atoms with Crippen LogP contribution in [0, 0.1) is 17.0 Å². The van der Waals surface area contributed by atoms with E-state index in [0.29, 0.717) is 23.2 Å². The van der Waals surface area contributed by atoms with Crippen LogP contribution in [0.4, 0.5) is 23.1 Å². The van der Waals surface area contributed by atoms with E-state index in [9.17, 15) is 10.1 Å². The van der Waals surface area contributed by atoms with Gasteiger partial charge in [-0.25, -0.2) is 4.98 Å². The largest absolute Gasteiger partial charge is 0.355 e. The second-order valence-corrected chi connectivity index (χ2v) is 8.46. The van der Waals surface area contributed by atoms with Gasteiger partial charge in [0.05, 0.1) is 4.92 Å². The number of nitro groups is 1. The fourth-order valence-corrected chi connectivity index (χ4v) is 4.16. The minimum atomic E-state index is -0.360. The highest BCUT2D eigenvalue weighted by Crippen LogP contribution is 2.31. The number of likely N-dealkylation sites (N-methyl/N-ethyl adjacent to an activating group) is 1. The van der Waals surface area contributed by atoms with Crippen LogP contribution < -0.4 is 10.2 Å². The lowest BCUT2D eigenvalue weighted by atomic mass is 10.2. The fourth-order valence-electron chi connectivity index (χ4n) is 4.16. The number of aromatic nitrogens is 2. The zero-order valence-electron chi connectivity index (χ0n) is 18.0. The summed E-state index contributed by atoms with van der Waals surface area (Å²) in [5, 5.41) is 14.5. The van der Waals surface area contributed by atoms with Crippen LogP contribution in [0.2, 0.25) is 0 Å². The van der Waals surface area contributed by atoms with Crippen LogP contribution in [0.25, 0.3) is 0 Å². The maximum atomic E-state index is 11.3. The summed E-state index contributed by atoms with van der Waals surface area (Å²) in [5.74, 6) is 1.43. The molecule has 8 nitrogen and oxygen atoms in total. The van der Waals surface area contributed by atoms with Crippen molar-refractivity contribution in [3.63, 3.8) is 0 Å². The Morgan fingerprint density at radius 1 is 1.23 bits per heavy atom. The Balaban J connectivity index is 1.56. The van der Waals surface area contributed by atoms with Gasteiger partial charge in [-0.1, -0.05) is 19.4 Å². The lowest BCUT2D eigenvalue weighted by molar-refractivity contribution is -0.385. The predicted octanol–water partition coefficient (Wildman–Crippen LogP) is 4.06. The van der Waals surface area contributed by atoms with Crippen molar-refractivity contribution in [2.75, 3.05) is 30.4 Å².